The minimum absolute atomic E-state index is 0.205. The van der Waals surface area contributed by atoms with E-state index in [9.17, 15) is 5.11 Å². The van der Waals surface area contributed by atoms with Crippen molar-refractivity contribution in [2.24, 2.45) is 5.73 Å². The maximum atomic E-state index is 9.75. The standard InChI is InChI=1S/C11H15NO3/c1-11(2,12)5-7-8(13)3-4-9-10(7)15-6-14-9/h3-4,13H,5-6,12H2,1-2H3. The second-order valence-electron chi connectivity index (χ2n) is 4.46. The van der Waals surface area contributed by atoms with Gasteiger partial charge in [0.15, 0.2) is 11.5 Å². The van der Waals surface area contributed by atoms with E-state index in [2.05, 4.69) is 0 Å². The molecule has 0 saturated heterocycles. The van der Waals surface area contributed by atoms with Gasteiger partial charge in [-0.25, -0.2) is 0 Å². The molecule has 1 heterocycles. The third-order valence-electron chi connectivity index (χ3n) is 2.25. The Kier molecular flexibility index (Phi) is 2.23. The zero-order chi connectivity index (χ0) is 11.1. The number of rotatable bonds is 2. The largest absolute Gasteiger partial charge is 0.508 e. The highest BCUT2D eigenvalue weighted by atomic mass is 16.7. The Hall–Kier alpha value is -1.42. The number of fused-ring (bicyclic) bond motifs is 1. The summed E-state index contributed by atoms with van der Waals surface area (Å²) in [5.74, 6) is 1.50. The van der Waals surface area contributed by atoms with Gasteiger partial charge in [-0.3, -0.25) is 0 Å². The lowest BCUT2D eigenvalue weighted by atomic mass is 9.95. The van der Waals surface area contributed by atoms with E-state index in [1.165, 1.54) is 0 Å². The molecule has 15 heavy (non-hydrogen) atoms. The van der Waals surface area contributed by atoms with E-state index in [1.807, 2.05) is 13.8 Å². The molecule has 0 fully saturated rings. The molecule has 0 saturated carbocycles. The summed E-state index contributed by atoms with van der Waals surface area (Å²) in [6.07, 6.45) is 0.547. The first-order valence-corrected chi connectivity index (χ1v) is 4.87. The predicted molar refractivity (Wildman–Crippen MR) is 56.2 cm³/mol. The van der Waals surface area contributed by atoms with Gasteiger partial charge in [-0.15, -0.1) is 0 Å². The Morgan fingerprint density at radius 3 is 2.80 bits per heavy atom. The van der Waals surface area contributed by atoms with Gasteiger partial charge in [0.05, 0.1) is 0 Å². The molecular formula is C11H15NO3. The summed E-state index contributed by atoms with van der Waals surface area (Å²) in [6, 6.07) is 3.30. The van der Waals surface area contributed by atoms with Crippen LogP contribution in [-0.4, -0.2) is 17.4 Å². The number of phenolic OH excluding ortho intramolecular Hbond substituents is 1. The fourth-order valence-corrected chi connectivity index (χ4v) is 1.65. The second-order valence-corrected chi connectivity index (χ2v) is 4.46. The van der Waals surface area contributed by atoms with Crippen molar-refractivity contribution in [1.29, 1.82) is 0 Å². The van der Waals surface area contributed by atoms with Crippen molar-refractivity contribution in [2.75, 3.05) is 6.79 Å². The number of ether oxygens (including phenoxy) is 2. The molecule has 82 valence electrons. The topological polar surface area (TPSA) is 64.7 Å². The Balaban J connectivity index is 2.41. The van der Waals surface area contributed by atoms with Crippen LogP contribution in [0.4, 0.5) is 0 Å². The van der Waals surface area contributed by atoms with Crippen LogP contribution in [0.2, 0.25) is 0 Å². The highest BCUT2D eigenvalue weighted by molar-refractivity contribution is 5.55. The van der Waals surface area contributed by atoms with E-state index in [0.29, 0.717) is 17.9 Å². The van der Waals surface area contributed by atoms with E-state index in [1.54, 1.807) is 12.1 Å². The Morgan fingerprint density at radius 1 is 1.40 bits per heavy atom. The average molecular weight is 209 g/mol. The zero-order valence-electron chi connectivity index (χ0n) is 8.91. The molecule has 1 aromatic rings. The number of benzene rings is 1. The van der Waals surface area contributed by atoms with Crippen LogP contribution in [0.1, 0.15) is 19.4 Å². The molecule has 0 aliphatic carbocycles. The van der Waals surface area contributed by atoms with Crippen molar-refractivity contribution >= 4 is 0 Å². The number of phenols is 1. The molecule has 0 aromatic heterocycles. The first kappa shape index (κ1) is 10.1. The molecule has 2 rings (SSSR count). The molecule has 0 amide bonds. The maximum absolute atomic E-state index is 9.75. The fraction of sp³-hybridized carbons (Fsp3) is 0.455. The van der Waals surface area contributed by atoms with Crippen LogP contribution in [0, 0.1) is 0 Å². The smallest absolute Gasteiger partial charge is 0.231 e. The third kappa shape index (κ3) is 1.99. The Bertz CT molecular complexity index is 382. The van der Waals surface area contributed by atoms with Gasteiger partial charge in [0, 0.05) is 11.1 Å². The van der Waals surface area contributed by atoms with Crippen molar-refractivity contribution in [1.82, 2.24) is 0 Å². The monoisotopic (exact) mass is 209 g/mol. The van der Waals surface area contributed by atoms with Crippen LogP contribution in [0.5, 0.6) is 17.2 Å². The molecule has 4 heteroatoms. The van der Waals surface area contributed by atoms with Crippen molar-refractivity contribution in [3.05, 3.63) is 17.7 Å². The highest BCUT2D eigenvalue weighted by Crippen LogP contribution is 2.41. The summed E-state index contributed by atoms with van der Waals surface area (Å²) in [6.45, 7) is 4.01. The first-order valence-electron chi connectivity index (χ1n) is 4.87. The van der Waals surface area contributed by atoms with Crippen LogP contribution in [0.3, 0.4) is 0 Å². The molecule has 1 aliphatic heterocycles. The van der Waals surface area contributed by atoms with Crippen LogP contribution < -0.4 is 15.2 Å². The minimum Gasteiger partial charge on any atom is -0.508 e. The second kappa shape index (κ2) is 3.31. The highest BCUT2D eigenvalue weighted by Gasteiger charge is 2.24. The Morgan fingerprint density at radius 2 is 2.13 bits per heavy atom. The molecular weight excluding hydrogens is 194 g/mol. The molecule has 0 bridgehead atoms. The van der Waals surface area contributed by atoms with E-state index >= 15 is 0 Å². The molecule has 0 atom stereocenters. The summed E-state index contributed by atoms with van der Waals surface area (Å²) in [4.78, 5) is 0. The number of hydrogen-bond acceptors (Lipinski definition) is 4. The van der Waals surface area contributed by atoms with Crippen LogP contribution in [0.25, 0.3) is 0 Å². The number of nitrogens with two attached hydrogens (primary N) is 1. The summed E-state index contributed by atoms with van der Waals surface area (Å²) >= 11 is 0. The average Bonchev–Trinajstić information content (AvgIpc) is 2.56. The maximum Gasteiger partial charge on any atom is 0.231 e. The zero-order valence-corrected chi connectivity index (χ0v) is 8.91. The van der Waals surface area contributed by atoms with E-state index < -0.39 is 5.54 Å². The molecule has 3 N–H and O–H groups in total. The Labute approximate surface area is 88.6 Å². The molecule has 1 aromatic carbocycles. The molecule has 0 radical (unpaired) electrons. The molecule has 0 unspecified atom stereocenters. The van der Waals surface area contributed by atoms with Gasteiger partial charge >= 0.3 is 0 Å². The van der Waals surface area contributed by atoms with Crippen LogP contribution >= 0.6 is 0 Å². The van der Waals surface area contributed by atoms with Gasteiger partial charge in [0.1, 0.15) is 5.75 Å². The van der Waals surface area contributed by atoms with Crippen molar-refractivity contribution in [3.63, 3.8) is 0 Å². The van der Waals surface area contributed by atoms with Gasteiger partial charge in [0.25, 0.3) is 0 Å². The van der Waals surface area contributed by atoms with Crippen molar-refractivity contribution in [2.45, 2.75) is 25.8 Å². The van der Waals surface area contributed by atoms with Gasteiger partial charge in [-0.05, 0) is 32.4 Å². The van der Waals surface area contributed by atoms with E-state index in [0.717, 1.165) is 5.56 Å². The van der Waals surface area contributed by atoms with E-state index in [4.69, 9.17) is 15.2 Å². The number of aromatic hydroxyl groups is 1. The van der Waals surface area contributed by atoms with Gasteiger partial charge in [-0.2, -0.15) is 0 Å². The van der Waals surface area contributed by atoms with Crippen LogP contribution in [-0.2, 0) is 6.42 Å². The van der Waals surface area contributed by atoms with Gasteiger partial charge < -0.3 is 20.3 Å². The predicted octanol–water partition coefficient (Wildman–Crippen LogP) is 1.40. The van der Waals surface area contributed by atoms with Gasteiger partial charge in [0.2, 0.25) is 6.79 Å². The lowest BCUT2D eigenvalue weighted by molar-refractivity contribution is 0.173. The molecule has 0 spiro atoms. The van der Waals surface area contributed by atoms with E-state index in [-0.39, 0.29) is 12.5 Å². The SMILES string of the molecule is CC(C)(N)Cc1c(O)ccc2c1OCO2. The minimum atomic E-state index is -0.390. The molecule has 1 aliphatic rings. The summed E-state index contributed by atoms with van der Waals surface area (Å²) in [5, 5.41) is 9.75. The lowest BCUT2D eigenvalue weighted by Crippen LogP contribution is -2.34. The summed E-state index contributed by atoms with van der Waals surface area (Å²) in [5.41, 5.74) is 6.25. The lowest BCUT2D eigenvalue weighted by Gasteiger charge is -2.20. The first-order chi connectivity index (χ1) is 6.97. The summed E-state index contributed by atoms with van der Waals surface area (Å²) in [7, 11) is 0. The number of hydrogen-bond donors (Lipinski definition) is 2. The van der Waals surface area contributed by atoms with Crippen LogP contribution in [0.15, 0.2) is 12.1 Å². The molecule has 4 nitrogen and oxygen atoms in total. The normalized spacial score (nSPS) is 14.3. The fourth-order valence-electron chi connectivity index (χ4n) is 1.65. The van der Waals surface area contributed by atoms with Crippen molar-refractivity contribution in [3.8, 4) is 17.2 Å². The van der Waals surface area contributed by atoms with Crippen molar-refractivity contribution < 1.29 is 14.6 Å². The summed E-state index contributed by atoms with van der Waals surface area (Å²) < 4.78 is 10.6. The third-order valence-corrected chi connectivity index (χ3v) is 2.25. The van der Waals surface area contributed by atoms with Gasteiger partial charge in [-0.1, -0.05) is 0 Å². The quantitative estimate of drug-likeness (QED) is 0.772.